The Labute approximate surface area is 104 Å². The van der Waals surface area contributed by atoms with Crippen LogP contribution < -0.4 is 15.4 Å². The molecule has 0 saturated heterocycles. The van der Waals surface area contributed by atoms with Gasteiger partial charge in [-0.3, -0.25) is 0 Å². The van der Waals surface area contributed by atoms with Crippen LogP contribution in [-0.4, -0.2) is 26.4 Å². The standard InChI is InChI=1S/C12H17F3N2O/c1-3-4-17(8-12(13,14)15)10-5-9(16)6-11(7-10)18-2/h5-7H,3-4,8,16H2,1-2H3. The van der Waals surface area contributed by atoms with Crippen molar-refractivity contribution >= 4 is 11.4 Å². The van der Waals surface area contributed by atoms with E-state index in [1.165, 1.54) is 18.1 Å². The number of alkyl halides is 3. The fourth-order valence-electron chi connectivity index (χ4n) is 1.69. The van der Waals surface area contributed by atoms with E-state index in [4.69, 9.17) is 10.5 Å². The Balaban J connectivity index is 3.01. The molecular formula is C12H17F3N2O. The van der Waals surface area contributed by atoms with Crippen LogP contribution in [-0.2, 0) is 0 Å². The first-order valence-electron chi connectivity index (χ1n) is 5.62. The van der Waals surface area contributed by atoms with Crippen molar-refractivity contribution in [3.8, 4) is 5.75 Å². The van der Waals surface area contributed by atoms with Gasteiger partial charge in [-0.15, -0.1) is 0 Å². The minimum absolute atomic E-state index is 0.312. The molecule has 1 rings (SSSR count). The molecule has 0 atom stereocenters. The van der Waals surface area contributed by atoms with Crippen molar-refractivity contribution < 1.29 is 17.9 Å². The lowest BCUT2D eigenvalue weighted by molar-refractivity contribution is -0.119. The molecule has 0 radical (unpaired) electrons. The largest absolute Gasteiger partial charge is 0.497 e. The smallest absolute Gasteiger partial charge is 0.405 e. The molecular weight excluding hydrogens is 245 g/mol. The number of nitrogen functional groups attached to an aromatic ring is 1. The molecule has 0 fully saturated rings. The van der Waals surface area contributed by atoms with Gasteiger partial charge in [0.2, 0.25) is 0 Å². The molecule has 0 heterocycles. The van der Waals surface area contributed by atoms with Gasteiger partial charge in [-0.25, -0.2) is 0 Å². The zero-order valence-electron chi connectivity index (χ0n) is 10.4. The highest BCUT2D eigenvalue weighted by atomic mass is 19.4. The van der Waals surface area contributed by atoms with Gasteiger partial charge in [-0.2, -0.15) is 13.2 Å². The Hall–Kier alpha value is -1.59. The monoisotopic (exact) mass is 262 g/mol. The third-order valence-electron chi connectivity index (χ3n) is 2.38. The molecule has 0 unspecified atom stereocenters. The number of benzene rings is 1. The van der Waals surface area contributed by atoms with Gasteiger partial charge in [-0.05, 0) is 12.5 Å². The lowest BCUT2D eigenvalue weighted by Crippen LogP contribution is -2.34. The SMILES string of the molecule is CCCN(CC(F)(F)F)c1cc(N)cc(OC)c1. The van der Waals surface area contributed by atoms with Gasteiger partial charge < -0.3 is 15.4 Å². The fourth-order valence-corrected chi connectivity index (χ4v) is 1.69. The van der Waals surface area contributed by atoms with E-state index in [1.807, 2.05) is 6.92 Å². The molecule has 1 aromatic carbocycles. The summed E-state index contributed by atoms with van der Waals surface area (Å²) in [4.78, 5) is 1.25. The number of rotatable bonds is 5. The molecule has 0 aromatic heterocycles. The molecule has 0 bridgehead atoms. The quantitative estimate of drug-likeness (QED) is 0.829. The summed E-state index contributed by atoms with van der Waals surface area (Å²) in [6.07, 6.45) is -3.62. The Morgan fingerprint density at radius 2 is 1.94 bits per heavy atom. The third kappa shape index (κ3) is 4.35. The summed E-state index contributed by atoms with van der Waals surface area (Å²) in [5.41, 5.74) is 6.45. The average molecular weight is 262 g/mol. The second-order valence-electron chi connectivity index (χ2n) is 4.00. The van der Waals surface area contributed by atoms with Crippen LogP contribution in [0.5, 0.6) is 5.75 Å². The Kier molecular flexibility index (Phi) is 4.69. The van der Waals surface area contributed by atoms with E-state index in [2.05, 4.69) is 0 Å². The highest BCUT2D eigenvalue weighted by Crippen LogP contribution is 2.28. The molecule has 0 aliphatic carbocycles. The second kappa shape index (κ2) is 5.84. The van der Waals surface area contributed by atoms with Crippen molar-refractivity contribution in [3.63, 3.8) is 0 Å². The summed E-state index contributed by atoms with van der Waals surface area (Å²) in [5, 5.41) is 0. The van der Waals surface area contributed by atoms with Gasteiger partial charge in [0.05, 0.1) is 7.11 Å². The first kappa shape index (κ1) is 14.5. The minimum Gasteiger partial charge on any atom is -0.497 e. The summed E-state index contributed by atoms with van der Waals surface area (Å²) in [6.45, 7) is 1.15. The number of hydrogen-bond donors (Lipinski definition) is 1. The van der Waals surface area contributed by atoms with E-state index in [9.17, 15) is 13.2 Å². The Morgan fingerprint density at radius 1 is 1.28 bits per heavy atom. The number of nitrogens with zero attached hydrogens (tertiary/aromatic N) is 1. The highest BCUT2D eigenvalue weighted by molar-refractivity contribution is 5.60. The molecule has 0 aliphatic heterocycles. The van der Waals surface area contributed by atoms with E-state index in [0.29, 0.717) is 30.1 Å². The number of ether oxygens (including phenoxy) is 1. The lowest BCUT2D eigenvalue weighted by atomic mass is 10.2. The summed E-state index contributed by atoms with van der Waals surface area (Å²) in [5.74, 6) is 0.452. The van der Waals surface area contributed by atoms with E-state index in [0.717, 1.165) is 0 Å². The Bertz CT molecular complexity index is 393. The van der Waals surface area contributed by atoms with E-state index >= 15 is 0 Å². The lowest BCUT2D eigenvalue weighted by Gasteiger charge is -2.26. The first-order chi connectivity index (χ1) is 8.35. The molecule has 18 heavy (non-hydrogen) atoms. The molecule has 0 amide bonds. The van der Waals surface area contributed by atoms with E-state index in [1.54, 1.807) is 12.1 Å². The van der Waals surface area contributed by atoms with Gasteiger partial charge >= 0.3 is 6.18 Å². The number of anilines is 2. The van der Waals surface area contributed by atoms with Gasteiger partial charge in [0.15, 0.2) is 0 Å². The van der Waals surface area contributed by atoms with Gasteiger partial charge in [0.25, 0.3) is 0 Å². The van der Waals surface area contributed by atoms with Crippen molar-refractivity contribution in [3.05, 3.63) is 18.2 Å². The molecule has 3 nitrogen and oxygen atoms in total. The summed E-state index contributed by atoms with van der Waals surface area (Å²) in [6, 6.07) is 4.64. The molecule has 0 spiro atoms. The second-order valence-corrected chi connectivity index (χ2v) is 4.00. The molecule has 102 valence electrons. The number of methoxy groups -OCH3 is 1. The van der Waals surface area contributed by atoms with E-state index < -0.39 is 12.7 Å². The molecule has 6 heteroatoms. The predicted octanol–water partition coefficient (Wildman–Crippen LogP) is 3.06. The summed E-state index contributed by atoms with van der Waals surface area (Å²) in [7, 11) is 1.45. The first-order valence-corrected chi connectivity index (χ1v) is 5.62. The van der Waals surface area contributed by atoms with Crippen molar-refractivity contribution in [2.24, 2.45) is 0 Å². The van der Waals surface area contributed by atoms with Crippen molar-refractivity contribution in [2.45, 2.75) is 19.5 Å². The number of halogens is 3. The maximum absolute atomic E-state index is 12.5. The van der Waals surface area contributed by atoms with Crippen LogP contribution >= 0.6 is 0 Å². The maximum atomic E-state index is 12.5. The number of nitrogens with two attached hydrogens (primary N) is 1. The molecule has 0 aliphatic rings. The molecule has 0 saturated carbocycles. The predicted molar refractivity (Wildman–Crippen MR) is 66.0 cm³/mol. The average Bonchev–Trinajstić information content (AvgIpc) is 2.26. The van der Waals surface area contributed by atoms with Gasteiger partial charge in [-0.1, -0.05) is 6.92 Å². The maximum Gasteiger partial charge on any atom is 0.405 e. The third-order valence-corrected chi connectivity index (χ3v) is 2.38. The van der Waals surface area contributed by atoms with Crippen LogP contribution in [0, 0.1) is 0 Å². The van der Waals surface area contributed by atoms with Crippen molar-refractivity contribution in [1.29, 1.82) is 0 Å². The molecule has 2 N–H and O–H groups in total. The van der Waals surface area contributed by atoms with Crippen LogP contribution in [0.2, 0.25) is 0 Å². The summed E-state index contributed by atoms with van der Waals surface area (Å²) >= 11 is 0. The van der Waals surface area contributed by atoms with E-state index in [-0.39, 0.29) is 0 Å². The highest BCUT2D eigenvalue weighted by Gasteiger charge is 2.30. The van der Waals surface area contributed by atoms with Crippen LogP contribution in [0.1, 0.15) is 13.3 Å². The van der Waals surface area contributed by atoms with Crippen molar-refractivity contribution in [1.82, 2.24) is 0 Å². The van der Waals surface area contributed by atoms with Crippen LogP contribution in [0.3, 0.4) is 0 Å². The van der Waals surface area contributed by atoms with Crippen LogP contribution in [0.25, 0.3) is 0 Å². The number of hydrogen-bond acceptors (Lipinski definition) is 3. The normalized spacial score (nSPS) is 11.4. The van der Waals surface area contributed by atoms with Crippen molar-refractivity contribution in [2.75, 3.05) is 30.8 Å². The van der Waals surface area contributed by atoms with Crippen LogP contribution in [0.15, 0.2) is 18.2 Å². The summed E-state index contributed by atoms with van der Waals surface area (Å²) < 4.78 is 42.5. The van der Waals surface area contributed by atoms with Gasteiger partial charge in [0, 0.05) is 30.1 Å². The fraction of sp³-hybridized carbons (Fsp3) is 0.500. The Morgan fingerprint density at radius 3 is 2.44 bits per heavy atom. The van der Waals surface area contributed by atoms with Crippen LogP contribution in [0.4, 0.5) is 24.5 Å². The topological polar surface area (TPSA) is 38.5 Å². The zero-order valence-corrected chi connectivity index (χ0v) is 10.4. The minimum atomic E-state index is -4.24. The molecule has 1 aromatic rings. The zero-order chi connectivity index (χ0) is 13.8. The van der Waals surface area contributed by atoms with Gasteiger partial charge in [0.1, 0.15) is 12.3 Å².